The zero-order valence-electron chi connectivity index (χ0n) is 5.68. The summed E-state index contributed by atoms with van der Waals surface area (Å²) in [6.45, 7) is 4.94. The second kappa shape index (κ2) is 5.28. The first kappa shape index (κ1) is 8.14. The van der Waals surface area contributed by atoms with E-state index in [1.807, 2.05) is 6.92 Å². The molecule has 0 aliphatic rings. The van der Waals surface area contributed by atoms with E-state index < -0.39 is 0 Å². The zero-order valence-corrected chi connectivity index (χ0v) is 7.10. The highest BCUT2D eigenvalue weighted by molar-refractivity contribution is 6.29. The average Bonchev–Trinajstić information content (AvgIpc) is 1.83. The van der Waals surface area contributed by atoms with Gasteiger partial charge < -0.3 is 10.2 Å². The van der Waals surface area contributed by atoms with Gasteiger partial charge in [0.1, 0.15) is 0 Å². The molecular formula is C5H15NOSi. The number of hydrogen-bond donors (Lipinski definition) is 1. The van der Waals surface area contributed by atoms with Crippen molar-refractivity contribution in [2.24, 2.45) is 5.73 Å². The summed E-state index contributed by atoms with van der Waals surface area (Å²) in [7, 11) is -0.387. The van der Waals surface area contributed by atoms with Gasteiger partial charge in [0, 0.05) is 12.3 Å². The minimum absolute atomic E-state index is 0.370. The lowest BCUT2D eigenvalue weighted by Gasteiger charge is -2.05. The Kier molecular flexibility index (Phi) is 5.37. The molecule has 0 aromatic carbocycles. The van der Waals surface area contributed by atoms with Crippen LogP contribution >= 0.6 is 0 Å². The molecule has 0 saturated carbocycles. The third kappa shape index (κ3) is 4.30. The summed E-state index contributed by atoms with van der Waals surface area (Å²) in [6, 6.07) is 0. The zero-order chi connectivity index (χ0) is 6.41. The van der Waals surface area contributed by atoms with Crippen molar-refractivity contribution in [3.63, 3.8) is 0 Å². The maximum Gasteiger partial charge on any atom is 0.177 e. The van der Waals surface area contributed by atoms with Crippen molar-refractivity contribution >= 4 is 9.76 Å². The largest absolute Gasteiger partial charge is 0.423 e. The van der Waals surface area contributed by atoms with Gasteiger partial charge in [-0.15, -0.1) is 0 Å². The molecule has 1 atom stereocenters. The van der Waals surface area contributed by atoms with Crippen LogP contribution in [0, 0.1) is 0 Å². The summed E-state index contributed by atoms with van der Waals surface area (Å²) in [6.07, 6.45) is 1.06. The fraction of sp³-hybridized carbons (Fsp3) is 1.00. The van der Waals surface area contributed by atoms with E-state index in [4.69, 9.17) is 10.2 Å². The summed E-state index contributed by atoms with van der Waals surface area (Å²) >= 11 is 0. The molecule has 2 N–H and O–H groups in total. The van der Waals surface area contributed by atoms with E-state index in [1.54, 1.807) is 0 Å². The Morgan fingerprint density at radius 1 is 1.62 bits per heavy atom. The molecule has 50 valence electrons. The van der Waals surface area contributed by atoms with E-state index in [2.05, 4.69) is 6.92 Å². The molecule has 0 heterocycles. The molecule has 0 amide bonds. The Morgan fingerprint density at radius 2 is 2.25 bits per heavy atom. The molecular weight excluding hydrogens is 118 g/mol. The molecule has 0 saturated heterocycles. The Morgan fingerprint density at radius 3 is 2.62 bits per heavy atom. The Labute approximate surface area is 53.4 Å². The highest BCUT2D eigenvalue weighted by Gasteiger charge is 1.96. The summed E-state index contributed by atoms with van der Waals surface area (Å²) in [5, 5.41) is 0. The van der Waals surface area contributed by atoms with Crippen LogP contribution in [-0.2, 0) is 4.43 Å². The number of rotatable bonds is 4. The topological polar surface area (TPSA) is 35.2 Å². The molecule has 0 bridgehead atoms. The van der Waals surface area contributed by atoms with E-state index in [-0.39, 0.29) is 9.76 Å². The summed E-state index contributed by atoms with van der Waals surface area (Å²) in [4.78, 5) is 0. The van der Waals surface area contributed by atoms with Crippen molar-refractivity contribution < 1.29 is 4.43 Å². The quantitative estimate of drug-likeness (QED) is 0.539. The second-order valence-corrected chi connectivity index (χ2v) is 3.62. The van der Waals surface area contributed by atoms with Gasteiger partial charge >= 0.3 is 0 Å². The van der Waals surface area contributed by atoms with Crippen LogP contribution in [0.2, 0.25) is 0 Å². The van der Waals surface area contributed by atoms with Gasteiger partial charge in [-0.1, -0.05) is 6.92 Å². The second-order valence-electron chi connectivity index (χ2n) is 1.83. The monoisotopic (exact) mass is 133 g/mol. The molecule has 0 aliphatic heterocycles. The Bertz CT molecular complexity index is 51.7. The molecule has 0 aromatic heterocycles. The number of nitrogens with two attached hydrogens (primary N) is 1. The molecule has 0 aromatic rings. The van der Waals surface area contributed by atoms with Crippen LogP contribution in [0.5, 0.6) is 0 Å². The van der Waals surface area contributed by atoms with E-state index >= 15 is 0 Å². The molecule has 2 nitrogen and oxygen atoms in total. The van der Waals surface area contributed by atoms with Crippen LogP contribution in [0.4, 0.5) is 0 Å². The van der Waals surface area contributed by atoms with Gasteiger partial charge in [0.25, 0.3) is 0 Å². The van der Waals surface area contributed by atoms with Crippen LogP contribution in [0.1, 0.15) is 20.3 Å². The minimum atomic E-state index is -0.387. The highest BCUT2D eigenvalue weighted by atomic mass is 28.2. The van der Waals surface area contributed by atoms with Crippen LogP contribution in [0.15, 0.2) is 0 Å². The predicted molar refractivity (Wildman–Crippen MR) is 38.4 cm³/mol. The van der Waals surface area contributed by atoms with Crippen molar-refractivity contribution in [1.29, 1.82) is 0 Å². The van der Waals surface area contributed by atoms with Gasteiger partial charge in [0.2, 0.25) is 0 Å². The molecule has 8 heavy (non-hydrogen) atoms. The average molecular weight is 133 g/mol. The highest BCUT2D eigenvalue weighted by Crippen LogP contribution is 1.82. The Balaban J connectivity index is 2.86. The van der Waals surface area contributed by atoms with Crippen LogP contribution in [-0.4, -0.2) is 22.0 Å². The molecule has 1 unspecified atom stereocenters. The van der Waals surface area contributed by atoms with E-state index in [0.717, 1.165) is 13.0 Å². The van der Waals surface area contributed by atoms with Crippen molar-refractivity contribution in [2.45, 2.75) is 25.9 Å². The standard InChI is InChI=1S/C5H15NOSi/c1-3-5(6)8-7-4-2/h5H,3-4,6,8H2,1-2H3. The third-order valence-corrected chi connectivity index (χ3v) is 2.71. The Hall–Kier alpha value is 0.137. The fourth-order valence-corrected chi connectivity index (χ4v) is 1.16. The SMILES string of the molecule is CCO[SiH2]C(N)CC. The lowest BCUT2D eigenvalue weighted by molar-refractivity contribution is 0.352. The molecule has 0 fully saturated rings. The van der Waals surface area contributed by atoms with E-state index in [9.17, 15) is 0 Å². The normalized spacial score (nSPS) is 15.4. The molecule has 0 radical (unpaired) electrons. The van der Waals surface area contributed by atoms with Gasteiger partial charge in [-0.25, -0.2) is 0 Å². The minimum Gasteiger partial charge on any atom is -0.423 e. The van der Waals surface area contributed by atoms with Crippen molar-refractivity contribution in [2.75, 3.05) is 6.61 Å². The maximum absolute atomic E-state index is 5.60. The van der Waals surface area contributed by atoms with Crippen LogP contribution < -0.4 is 5.73 Å². The predicted octanol–water partition coefficient (Wildman–Crippen LogP) is -0.199. The van der Waals surface area contributed by atoms with Gasteiger partial charge in [0.15, 0.2) is 9.76 Å². The van der Waals surface area contributed by atoms with E-state index in [1.165, 1.54) is 0 Å². The molecule has 3 heteroatoms. The van der Waals surface area contributed by atoms with Crippen molar-refractivity contribution in [3.05, 3.63) is 0 Å². The van der Waals surface area contributed by atoms with Crippen molar-refractivity contribution in [1.82, 2.24) is 0 Å². The number of hydrogen-bond acceptors (Lipinski definition) is 2. The van der Waals surface area contributed by atoms with Crippen LogP contribution in [0.3, 0.4) is 0 Å². The van der Waals surface area contributed by atoms with Gasteiger partial charge in [-0.2, -0.15) is 0 Å². The first-order valence-corrected chi connectivity index (χ1v) is 4.54. The lowest BCUT2D eigenvalue weighted by Crippen LogP contribution is -2.28. The van der Waals surface area contributed by atoms with Crippen molar-refractivity contribution in [3.8, 4) is 0 Å². The fourth-order valence-electron chi connectivity index (χ4n) is 0.387. The lowest BCUT2D eigenvalue weighted by atomic mass is 10.5. The maximum atomic E-state index is 5.60. The summed E-state index contributed by atoms with van der Waals surface area (Å²) in [5.41, 5.74) is 5.97. The smallest absolute Gasteiger partial charge is 0.177 e. The van der Waals surface area contributed by atoms with E-state index in [0.29, 0.717) is 5.67 Å². The van der Waals surface area contributed by atoms with Gasteiger partial charge in [0.05, 0.1) is 0 Å². The first-order valence-electron chi connectivity index (χ1n) is 3.14. The van der Waals surface area contributed by atoms with Gasteiger partial charge in [-0.05, 0) is 13.3 Å². The summed E-state index contributed by atoms with van der Waals surface area (Å²) < 4.78 is 5.20. The van der Waals surface area contributed by atoms with Crippen LogP contribution in [0.25, 0.3) is 0 Å². The summed E-state index contributed by atoms with van der Waals surface area (Å²) in [5.74, 6) is 0. The first-order chi connectivity index (χ1) is 3.81. The molecule has 0 rings (SSSR count). The molecule has 0 aliphatic carbocycles. The molecule has 0 spiro atoms. The third-order valence-electron chi connectivity index (χ3n) is 1.06. The van der Waals surface area contributed by atoms with Gasteiger partial charge in [-0.3, -0.25) is 0 Å².